The van der Waals surface area contributed by atoms with Crippen LogP contribution < -0.4 is 5.32 Å². The Balaban J connectivity index is 1.98. The maximum atomic E-state index is 3.63. The molecule has 0 amide bonds. The van der Waals surface area contributed by atoms with Crippen molar-refractivity contribution in [3.8, 4) is 11.1 Å². The van der Waals surface area contributed by atoms with Gasteiger partial charge in [-0.2, -0.15) is 0 Å². The molecule has 104 valence electrons. The van der Waals surface area contributed by atoms with E-state index in [1.807, 2.05) is 0 Å². The van der Waals surface area contributed by atoms with Crippen LogP contribution in [0.4, 0.5) is 0 Å². The molecule has 3 rings (SSSR count). The van der Waals surface area contributed by atoms with Crippen molar-refractivity contribution in [3.05, 3.63) is 58.7 Å². The van der Waals surface area contributed by atoms with Gasteiger partial charge in [-0.25, -0.2) is 0 Å². The molecule has 1 saturated carbocycles. The van der Waals surface area contributed by atoms with Crippen LogP contribution in [0.15, 0.2) is 36.4 Å². The van der Waals surface area contributed by atoms with E-state index in [1.54, 1.807) is 0 Å². The molecule has 0 radical (unpaired) electrons. The highest BCUT2D eigenvalue weighted by Crippen LogP contribution is 2.28. The minimum Gasteiger partial charge on any atom is -0.310 e. The smallest absolute Gasteiger partial charge is 0.0214 e. The zero-order chi connectivity index (χ0) is 14.1. The van der Waals surface area contributed by atoms with Gasteiger partial charge in [-0.05, 0) is 50.3 Å². The van der Waals surface area contributed by atoms with Gasteiger partial charge in [0.2, 0.25) is 0 Å². The first kappa shape index (κ1) is 13.4. The van der Waals surface area contributed by atoms with E-state index < -0.39 is 0 Å². The fourth-order valence-electron chi connectivity index (χ4n) is 2.79. The van der Waals surface area contributed by atoms with Gasteiger partial charge >= 0.3 is 0 Å². The summed E-state index contributed by atoms with van der Waals surface area (Å²) in [5.41, 5.74) is 8.13. The van der Waals surface area contributed by atoms with Crippen LogP contribution in [0.5, 0.6) is 0 Å². The fraction of sp³-hybridized carbons (Fsp3) is 0.368. The summed E-state index contributed by atoms with van der Waals surface area (Å²) in [7, 11) is 0. The third kappa shape index (κ3) is 3.10. The number of benzene rings is 2. The van der Waals surface area contributed by atoms with Gasteiger partial charge in [0.05, 0.1) is 0 Å². The highest BCUT2D eigenvalue weighted by Gasteiger charge is 2.20. The topological polar surface area (TPSA) is 12.0 Å². The highest BCUT2D eigenvalue weighted by atomic mass is 14.9. The van der Waals surface area contributed by atoms with E-state index in [9.17, 15) is 0 Å². The molecule has 0 aliphatic heterocycles. The molecule has 1 N–H and O–H groups in total. The average molecular weight is 265 g/mol. The molecule has 0 saturated heterocycles. The predicted octanol–water partition coefficient (Wildman–Crippen LogP) is 4.53. The minimum atomic E-state index is 0.753. The molecule has 1 nitrogen and oxygen atoms in total. The first-order valence-electron chi connectivity index (χ1n) is 7.53. The molecule has 0 spiro atoms. The fourth-order valence-corrected chi connectivity index (χ4v) is 2.79. The van der Waals surface area contributed by atoms with Crippen LogP contribution in [-0.2, 0) is 6.54 Å². The summed E-state index contributed by atoms with van der Waals surface area (Å²) in [5, 5.41) is 3.63. The molecule has 0 aromatic heterocycles. The van der Waals surface area contributed by atoms with Crippen LogP contribution in [-0.4, -0.2) is 6.04 Å². The van der Waals surface area contributed by atoms with Crippen LogP contribution in [0.25, 0.3) is 11.1 Å². The quantitative estimate of drug-likeness (QED) is 0.856. The number of nitrogens with one attached hydrogen (secondary N) is 1. The highest BCUT2D eigenvalue weighted by molar-refractivity contribution is 5.69. The molecule has 0 unspecified atom stereocenters. The summed E-state index contributed by atoms with van der Waals surface area (Å²) in [6, 6.07) is 14.4. The van der Waals surface area contributed by atoms with Gasteiger partial charge in [-0.3, -0.25) is 0 Å². The third-order valence-corrected chi connectivity index (χ3v) is 3.96. The van der Waals surface area contributed by atoms with Gasteiger partial charge in [0.1, 0.15) is 0 Å². The second-order valence-corrected chi connectivity index (χ2v) is 6.19. The molecule has 20 heavy (non-hydrogen) atoms. The van der Waals surface area contributed by atoms with Crippen LogP contribution in [0, 0.1) is 20.8 Å². The SMILES string of the molecule is Cc1cc(C)cc(-c2cc(C)ccc2CNC2CC2)c1. The predicted molar refractivity (Wildman–Crippen MR) is 86.0 cm³/mol. The van der Waals surface area contributed by atoms with Gasteiger partial charge in [0.15, 0.2) is 0 Å². The van der Waals surface area contributed by atoms with E-state index in [-0.39, 0.29) is 0 Å². The molecule has 2 aromatic rings. The van der Waals surface area contributed by atoms with Crippen molar-refractivity contribution < 1.29 is 0 Å². The lowest BCUT2D eigenvalue weighted by molar-refractivity contribution is 0.688. The number of hydrogen-bond acceptors (Lipinski definition) is 1. The Bertz CT molecular complexity index is 603. The maximum absolute atomic E-state index is 3.63. The summed E-state index contributed by atoms with van der Waals surface area (Å²) in [6.45, 7) is 7.50. The summed E-state index contributed by atoms with van der Waals surface area (Å²) < 4.78 is 0. The molecular weight excluding hydrogens is 242 g/mol. The van der Waals surface area contributed by atoms with Crippen molar-refractivity contribution in [2.45, 2.75) is 46.2 Å². The minimum absolute atomic E-state index is 0.753. The van der Waals surface area contributed by atoms with Crippen molar-refractivity contribution in [1.29, 1.82) is 0 Å². The van der Waals surface area contributed by atoms with E-state index in [4.69, 9.17) is 0 Å². The first-order chi connectivity index (χ1) is 9.61. The Morgan fingerprint density at radius 1 is 0.900 bits per heavy atom. The van der Waals surface area contributed by atoms with Crippen molar-refractivity contribution >= 4 is 0 Å². The van der Waals surface area contributed by atoms with Gasteiger partial charge in [0, 0.05) is 12.6 Å². The zero-order valence-corrected chi connectivity index (χ0v) is 12.7. The van der Waals surface area contributed by atoms with Crippen molar-refractivity contribution in [2.75, 3.05) is 0 Å². The van der Waals surface area contributed by atoms with Crippen LogP contribution in [0.3, 0.4) is 0 Å². The third-order valence-electron chi connectivity index (χ3n) is 3.96. The monoisotopic (exact) mass is 265 g/mol. The zero-order valence-electron chi connectivity index (χ0n) is 12.7. The maximum Gasteiger partial charge on any atom is 0.0214 e. The summed E-state index contributed by atoms with van der Waals surface area (Å²) in [5.74, 6) is 0. The Hall–Kier alpha value is -1.60. The summed E-state index contributed by atoms with van der Waals surface area (Å²) in [4.78, 5) is 0. The van der Waals surface area contributed by atoms with Crippen molar-refractivity contribution in [1.82, 2.24) is 5.32 Å². The van der Waals surface area contributed by atoms with E-state index >= 15 is 0 Å². The lowest BCUT2D eigenvalue weighted by atomic mass is 9.95. The molecule has 0 atom stereocenters. The average Bonchev–Trinajstić information content (AvgIpc) is 3.20. The van der Waals surface area contributed by atoms with Crippen molar-refractivity contribution in [2.24, 2.45) is 0 Å². The molecule has 1 fully saturated rings. The first-order valence-corrected chi connectivity index (χ1v) is 7.53. The van der Waals surface area contributed by atoms with E-state index in [2.05, 4.69) is 62.5 Å². The molecule has 1 heteroatoms. The van der Waals surface area contributed by atoms with Gasteiger partial charge in [-0.15, -0.1) is 0 Å². The second kappa shape index (κ2) is 5.41. The Morgan fingerprint density at radius 3 is 2.25 bits per heavy atom. The molecule has 0 heterocycles. The van der Waals surface area contributed by atoms with Gasteiger partial charge in [0.25, 0.3) is 0 Å². The standard InChI is InChI=1S/C19H23N/c1-13-4-5-16(12-20-18-6-7-18)19(11-13)17-9-14(2)8-15(3)10-17/h4-5,8-11,18,20H,6-7,12H2,1-3H3. The number of hydrogen-bond donors (Lipinski definition) is 1. The molecule has 1 aliphatic rings. The Morgan fingerprint density at radius 2 is 1.60 bits per heavy atom. The number of aryl methyl sites for hydroxylation is 3. The van der Waals surface area contributed by atoms with Crippen molar-refractivity contribution in [3.63, 3.8) is 0 Å². The summed E-state index contributed by atoms with van der Waals surface area (Å²) >= 11 is 0. The van der Waals surface area contributed by atoms with E-state index in [0.29, 0.717) is 0 Å². The van der Waals surface area contributed by atoms with E-state index in [1.165, 1.54) is 46.2 Å². The lowest BCUT2D eigenvalue weighted by Gasteiger charge is -2.13. The van der Waals surface area contributed by atoms with Crippen LogP contribution >= 0.6 is 0 Å². The van der Waals surface area contributed by atoms with Crippen LogP contribution in [0.2, 0.25) is 0 Å². The molecule has 0 bridgehead atoms. The van der Waals surface area contributed by atoms with Gasteiger partial charge in [-0.1, -0.05) is 53.1 Å². The van der Waals surface area contributed by atoms with Crippen LogP contribution in [0.1, 0.15) is 35.1 Å². The molecule has 2 aromatic carbocycles. The Kier molecular flexibility index (Phi) is 3.62. The Labute approximate surface area is 122 Å². The normalized spacial score (nSPS) is 14.6. The molecular formula is C19H23N. The summed E-state index contributed by atoms with van der Waals surface area (Å²) in [6.07, 6.45) is 2.68. The number of rotatable bonds is 4. The molecule has 1 aliphatic carbocycles. The van der Waals surface area contributed by atoms with E-state index in [0.717, 1.165) is 12.6 Å². The second-order valence-electron chi connectivity index (χ2n) is 6.19. The lowest BCUT2D eigenvalue weighted by Crippen LogP contribution is -2.15. The van der Waals surface area contributed by atoms with Gasteiger partial charge < -0.3 is 5.32 Å². The largest absolute Gasteiger partial charge is 0.310 e.